The lowest BCUT2D eigenvalue weighted by molar-refractivity contribution is 0.453. The molecule has 0 saturated heterocycles. The first-order chi connectivity index (χ1) is 8.69. The van der Waals surface area contributed by atoms with Crippen LogP contribution in [0, 0.1) is 0 Å². The molecule has 0 radical (unpaired) electrons. The van der Waals surface area contributed by atoms with Crippen LogP contribution >= 0.6 is 0 Å². The number of aromatic nitrogens is 2. The lowest BCUT2D eigenvalue weighted by Gasteiger charge is -2.07. The third-order valence-electron chi connectivity index (χ3n) is 2.67. The first-order valence-electron chi connectivity index (χ1n) is 5.99. The summed E-state index contributed by atoms with van der Waals surface area (Å²) in [4.78, 5) is 0. The highest BCUT2D eigenvalue weighted by Crippen LogP contribution is 2.22. The van der Waals surface area contributed by atoms with Crippen LogP contribution in [0.25, 0.3) is 0 Å². The normalized spacial score (nSPS) is 10.7. The van der Waals surface area contributed by atoms with E-state index >= 15 is 0 Å². The average molecular weight is 243 g/mol. The van der Waals surface area contributed by atoms with Crippen molar-refractivity contribution >= 4 is 0 Å². The number of hydrogen-bond donors (Lipinski definition) is 1. The second-order valence-corrected chi connectivity index (χ2v) is 4.39. The second kappa shape index (κ2) is 5.60. The van der Waals surface area contributed by atoms with Crippen LogP contribution in [-0.2, 0) is 6.54 Å². The van der Waals surface area contributed by atoms with E-state index in [1.807, 2.05) is 18.2 Å². The van der Waals surface area contributed by atoms with E-state index in [2.05, 4.69) is 36.2 Å². The van der Waals surface area contributed by atoms with Crippen LogP contribution in [0.4, 0.5) is 0 Å². The lowest BCUT2D eigenvalue weighted by Crippen LogP contribution is -2.01. The minimum atomic E-state index is 0.385. The average Bonchev–Trinajstić information content (AvgIpc) is 2.40. The van der Waals surface area contributed by atoms with Gasteiger partial charge in [-0.15, -0.1) is 5.10 Å². The molecule has 18 heavy (non-hydrogen) atoms. The largest absolute Gasteiger partial charge is 0.438 e. The molecule has 2 N–H and O–H groups in total. The number of benzene rings is 1. The Morgan fingerprint density at radius 1 is 1.06 bits per heavy atom. The molecular formula is C14H17N3O. The molecule has 0 aliphatic heterocycles. The molecule has 1 aromatic carbocycles. The smallest absolute Gasteiger partial charge is 0.238 e. The van der Waals surface area contributed by atoms with Crippen LogP contribution in [-0.4, -0.2) is 10.2 Å². The van der Waals surface area contributed by atoms with Crippen molar-refractivity contribution < 1.29 is 4.74 Å². The zero-order chi connectivity index (χ0) is 13.0. The third kappa shape index (κ3) is 3.05. The van der Waals surface area contributed by atoms with Gasteiger partial charge in [0.25, 0.3) is 0 Å². The van der Waals surface area contributed by atoms with Crippen molar-refractivity contribution in [2.24, 2.45) is 5.73 Å². The number of hydrogen-bond acceptors (Lipinski definition) is 4. The van der Waals surface area contributed by atoms with E-state index in [9.17, 15) is 0 Å². The van der Waals surface area contributed by atoms with Crippen molar-refractivity contribution in [3.05, 3.63) is 47.7 Å². The van der Waals surface area contributed by atoms with E-state index in [0.29, 0.717) is 18.3 Å². The molecule has 1 heterocycles. The molecule has 1 aromatic heterocycles. The van der Waals surface area contributed by atoms with Crippen molar-refractivity contribution in [3.8, 4) is 11.6 Å². The molecule has 0 saturated carbocycles. The van der Waals surface area contributed by atoms with Gasteiger partial charge in [-0.1, -0.05) is 26.0 Å². The van der Waals surface area contributed by atoms with Gasteiger partial charge in [0, 0.05) is 12.6 Å². The van der Waals surface area contributed by atoms with E-state index in [4.69, 9.17) is 10.5 Å². The fourth-order valence-electron chi connectivity index (χ4n) is 1.55. The van der Waals surface area contributed by atoms with Crippen LogP contribution in [0.2, 0.25) is 0 Å². The Morgan fingerprint density at radius 3 is 2.28 bits per heavy atom. The molecular weight excluding hydrogens is 226 g/mol. The maximum absolute atomic E-state index is 5.60. The summed E-state index contributed by atoms with van der Waals surface area (Å²) in [5, 5.41) is 7.89. The van der Waals surface area contributed by atoms with Gasteiger partial charge >= 0.3 is 0 Å². The van der Waals surface area contributed by atoms with Crippen molar-refractivity contribution in [2.45, 2.75) is 26.3 Å². The standard InChI is InChI=1S/C14H17N3O/c1-10(2)11-3-6-13(7-4-11)18-14-8-5-12(9-15)16-17-14/h3-8,10H,9,15H2,1-2H3. The Hall–Kier alpha value is -1.94. The van der Waals surface area contributed by atoms with Gasteiger partial charge < -0.3 is 10.5 Å². The molecule has 0 spiro atoms. The zero-order valence-corrected chi connectivity index (χ0v) is 10.6. The molecule has 4 heteroatoms. The fraction of sp³-hybridized carbons (Fsp3) is 0.286. The minimum Gasteiger partial charge on any atom is -0.438 e. The highest BCUT2D eigenvalue weighted by Gasteiger charge is 2.02. The third-order valence-corrected chi connectivity index (χ3v) is 2.67. The topological polar surface area (TPSA) is 61.0 Å². The highest BCUT2D eigenvalue weighted by atomic mass is 16.5. The molecule has 0 aliphatic rings. The van der Waals surface area contributed by atoms with Crippen molar-refractivity contribution in [2.75, 3.05) is 0 Å². The zero-order valence-electron chi connectivity index (χ0n) is 10.6. The van der Waals surface area contributed by atoms with Crippen molar-refractivity contribution in [1.82, 2.24) is 10.2 Å². The molecule has 0 atom stereocenters. The number of rotatable bonds is 4. The van der Waals surface area contributed by atoms with Gasteiger partial charge in [0.05, 0.1) is 5.69 Å². The molecule has 0 bridgehead atoms. The number of ether oxygens (including phenoxy) is 1. The van der Waals surface area contributed by atoms with Gasteiger partial charge in [0.15, 0.2) is 0 Å². The molecule has 2 rings (SSSR count). The van der Waals surface area contributed by atoms with E-state index in [1.165, 1.54) is 5.56 Å². The monoisotopic (exact) mass is 243 g/mol. The van der Waals surface area contributed by atoms with Gasteiger partial charge in [-0.25, -0.2) is 0 Å². The first kappa shape index (κ1) is 12.5. The molecule has 0 unspecified atom stereocenters. The molecule has 0 amide bonds. The molecule has 94 valence electrons. The Kier molecular flexibility index (Phi) is 3.89. The predicted octanol–water partition coefficient (Wildman–Crippen LogP) is 2.85. The SMILES string of the molecule is CC(C)c1ccc(Oc2ccc(CN)nn2)cc1. The Balaban J connectivity index is 2.08. The highest BCUT2D eigenvalue weighted by molar-refractivity contribution is 5.31. The Bertz CT molecular complexity index is 491. The van der Waals surface area contributed by atoms with Crippen LogP contribution in [0.5, 0.6) is 11.6 Å². The summed E-state index contributed by atoms with van der Waals surface area (Å²) < 4.78 is 5.60. The van der Waals surface area contributed by atoms with E-state index < -0.39 is 0 Å². The second-order valence-electron chi connectivity index (χ2n) is 4.39. The van der Waals surface area contributed by atoms with Gasteiger partial charge in [-0.05, 0) is 29.7 Å². The van der Waals surface area contributed by atoms with Crippen LogP contribution in [0.15, 0.2) is 36.4 Å². The first-order valence-corrected chi connectivity index (χ1v) is 5.99. The van der Waals surface area contributed by atoms with Gasteiger partial charge in [-0.2, -0.15) is 5.10 Å². The van der Waals surface area contributed by atoms with Gasteiger partial charge in [0.1, 0.15) is 5.75 Å². The summed E-state index contributed by atoms with van der Waals surface area (Å²) >= 11 is 0. The predicted molar refractivity (Wildman–Crippen MR) is 70.5 cm³/mol. The van der Waals surface area contributed by atoms with E-state index in [1.54, 1.807) is 6.07 Å². The summed E-state index contributed by atoms with van der Waals surface area (Å²) in [7, 11) is 0. The Morgan fingerprint density at radius 2 is 1.78 bits per heavy atom. The lowest BCUT2D eigenvalue weighted by atomic mass is 10.0. The molecule has 0 aliphatic carbocycles. The van der Waals surface area contributed by atoms with Crippen LogP contribution in [0.1, 0.15) is 31.0 Å². The fourth-order valence-corrected chi connectivity index (χ4v) is 1.55. The number of nitrogens with zero attached hydrogens (tertiary/aromatic N) is 2. The van der Waals surface area contributed by atoms with Crippen molar-refractivity contribution in [3.63, 3.8) is 0 Å². The summed E-state index contributed by atoms with van der Waals surface area (Å²) in [5.41, 5.74) is 7.49. The van der Waals surface area contributed by atoms with Gasteiger partial charge in [0.2, 0.25) is 5.88 Å². The number of nitrogens with two attached hydrogens (primary N) is 1. The maximum atomic E-state index is 5.60. The van der Waals surface area contributed by atoms with Crippen molar-refractivity contribution in [1.29, 1.82) is 0 Å². The minimum absolute atomic E-state index is 0.385. The van der Waals surface area contributed by atoms with E-state index in [0.717, 1.165) is 11.4 Å². The summed E-state index contributed by atoms with van der Waals surface area (Å²) in [5.74, 6) is 1.75. The van der Waals surface area contributed by atoms with Crippen LogP contribution < -0.4 is 10.5 Å². The quantitative estimate of drug-likeness (QED) is 0.897. The van der Waals surface area contributed by atoms with Gasteiger partial charge in [-0.3, -0.25) is 0 Å². The maximum Gasteiger partial charge on any atom is 0.238 e. The van der Waals surface area contributed by atoms with Crippen LogP contribution in [0.3, 0.4) is 0 Å². The molecule has 4 nitrogen and oxygen atoms in total. The summed E-state index contributed by atoms with van der Waals surface area (Å²) in [6.07, 6.45) is 0. The summed E-state index contributed by atoms with van der Waals surface area (Å²) in [6, 6.07) is 11.6. The Labute approximate surface area is 107 Å². The molecule has 2 aromatic rings. The molecule has 0 fully saturated rings. The van der Waals surface area contributed by atoms with E-state index in [-0.39, 0.29) is 0 Å². The summed E-state index contributed by atoms with van der Waals surface area (Å²) in [6.45, 7) is 4.70.